The Morgan fingerprint density at radius 3 is 2.31 bits per heavy atom. The molecule has 1 aromatic rings. The lowest BCUT2D eigenvalue weighted by Crippen LogP contribution is -2.50. The van der Waals surface area contributed by atoms with Crippen molar-refractivity contribution in [3.63, 3.8) is 0 Å². The van der Waals surface area contributed by atoms with Gasteiger partial charge in [0.1, 0.15) is 0 Å². The average molecular weight is 427 g/mol. The molecule has 9 heteroatoms. The molecule has 1 atom stereocenters. The van der Waals surface area contributed by atoms with Gasteiger partial charge in [-0.1, -0.05) is 17.7 Å². The van der Waals surface area contributed by atoms with Crippen molar-refractivity contribution in [1.82, 2.24) is 9.21 Å². The van der Waals surface area contributed by atoms with Crippen molar-refractivity contribution in [2.75, 3.05) is 40.5 Å². The van der Waals surface area contributed by atoms with Gasteiger partial charge in [-0.25, -0.2) is 13.2 Å². The van der Waals surface area contributed by atoms with E-state index in [1.807, 2.05) is 6.92 Å². The Morgan fingerprint density at radius 1 is 1.21 bits per heavy atom. The van der Waals surface area contributed by atoms with Crippen molar-refractivity contribution in [3.05, 3.63) is 29.8 Å². The number of piperidine rings is 1. The molecule has 1 fully saturated rings. The number of benzene rings is 1. The Morgan fingerprint density at radius 2 is 1.79 bits per heavy atom. The van der Waals surface area contributed by atoms with Gasteiger partial charge in [0.2, 0.25) is 15.9 Å². The summed E-state index contributed by atoms with van der Waals surface area (Å²) in [6.45, 7) is 4.71. The van der Waals surface area contributed by atoms with E-state index in [2.05, 4.69) is 0 Å². The molecule has 1 amide bonds. The second-order valence-electron chi connectivity index (χ2n) is 7.14. The summed E-state index contributed by atoms with van der Waals surface area (Å²) in [6, 6.07) is 5.92. The Balaban J connectivity index is 2.02. The molecule has 2 rings (SSSR count). The molecule has 1 heterocycles. The number of nitrogens with zero attached hydrogens (tertiary/aromatic N) is 2. The molecule has 29 heavy (non-hydrogen) atoms. The Kier molecular flexibility index (Phi) is 8.18. The number of esters is 1. The molecular weight excluding hydrogens is 396 g/mol. The third-order valence-electron chi connectivity index (χ3n) is 5.23. The van der Waals surface area contributed by atoms with Crippen LogP contribution in [0.1, 0.15) is 25.3 Å². The molecule has 1 aliphatic rings. The fourth-order valence-corrected chi connectivity index (χ4v) is 4.82. The summed E-state index contributed by atoms with van der Waals surface area (Å²) in [6.07, 6.45) is 0.799. The predicted octanol–water partition coefficient (Wildman–Crippen LogP) is 1.43. The van der Waals surface area contributed by atoms with Crippen LogP contribution in [0.25, 0.3) is 0 Å². The molecule has 0 N–H and O–H groups in total. The average Bonchev–Trinajstić information content (AvgIpc) is 2.73. The number of hydrogen-bond acceptors (Lipinski definition) is 6. The van der Waals surface area contributed by atoms with E-state index in [9.17, 15) is 18.0 Å². The number of aryl methyl sites for hydroxylation is 1. The van der Waals surface area contributed by atoms with E-state index in [4.69, 9.17) is 9.47 Å². The van der Waals surface area contributed by atoms with Crippen molar-refractivity contribution < 1.29 is 27.5 Å². The monoisotopic (exact) mass is 426 g/mol. The van der Waals surface area contributed by atoms with Crippen LogP contribution in [0.4, 0.5) is 0 Å². The van der Waals surface area contributed by atoms with Gasteiger partial charge in [-0.05, 0) is 38.8 Å². The zero-order valence-corrected chi connectivity index (χ0v) is 18.3. The first kappa shape index (κ1) is 23.3. The number of hydrogen-bond donors (Lipinski definition) is 0. The highest BCUT2D eigenvalue weighted by molar-refractivity contribution is 7.89. The van der Waals surface area contributed by atoms with Crippen LogP contribution < -0.4 is 0 Å². The maximum absolute atomic E-state index is 12.9. The Bertz CT molecular complexity index is 801. The van der Waals surface area contributed by atoms with Crippen LogP contribution in [0.5, 0.6) is 0 Å². The summed E-state index contributed by atoms with van der Waals surface area (Å²) in [5.41, 5.74) is 0.989. The number of ether oxygens (including phenoxy) is 2. The number of methoxy groups -OCH3 is 1. The molecular formula is C20H30N2O6S. The normalized spacial score (nSPS) is 17.0. The van der Waals surface area contributed by atoms with Crippen molar-refractivity contribution in [2.45, 2.75) is 37.6 Å². The van der Waals surface area contributed by atoms with Crippen LogP contribution in [0.3, 0.4) is 0 Å². The largest absolute Gasteiger partial charge is 0.467 e. The summed E-state index contributed by atoms with van der Waals surface area (Å²) in [5.74, 6) is -1.08. The standard InChI is InChI=1S/C20H30N2O6S/c1-5-28-14-18(20(24)27-4)21(3)19(23)16-10-12-22(13-11-16)29(25,26)17-8-6-15(2)7-9-17/h6-9,16,18H,5,10-14H2,1-4H3/t18-/m1/s1. The van der Waals surface area contributed by atoms with E-state index < -0.39 is 22.0 Å². The molecule has 0 bridgehead atoms. The summed E-state index contributed by atoms with van der Waals surface area (Å²) in [4.78, 5) is 26.5. The number of carbonyl (C=O) groups excluding carboxylic acids is 2. The number of rotatable bonds is 8. The summed E-state index contributed by atoms with van der Waals surface area (Å²) < 4.78 is 37.1. The minimum absolute atomic E-state index is 0.0616. The number of likely N-dealkylation sites (N-methyl/N-ethyl adjacent to an activating group) is 1. The van der Waals surface area contributed by atoms with E-state index in [1.165, 1.54) is 16.3 Å². The molecule has 0 saturated carbocycles. The van der Waals surface area contributed by atoms with Gasteiger partial charge in [0.15, 0.2) is 6.04 Å². The first-order valence-corrected chi connectivity index (χ1v) is 11.2. The smallest absolute Gasteiger partial charge is 0.330 e. The van der Waals surface area contributed by atoms with Gasteiger partial charge >= 0.3 is 5.97 Å². The van der Waals surface area contributed by atoms with E-state index in [-0.39, 0.29) is 36.4 Å². The minimum atomic E-state index is -3.58. The third kappa shape index (κ3) is 5.55. The zero-order valence-electron chi connectivity index (χ0n) is 17.5. The SMILES string of the molecule is CCOC[C@H](C(=O)OC)N(C)C(=O)C1CCN(S(=O)(=O)c2ccc(C)cc2)CC1. The van der Waals surface area contributed by atoms with E-state index >= 15 is 0 Å². The van der Waals surface area contributed by atoms with Crippen molar-refractivity contribution in [2.24, 2.45) is 5.92 Å². The maximum Gasteiger partial charge on any atom is 0.330 e. The molecule has 1 aliphatic heterocycles. The second-order valence-corrected chi connectivity index (χ2v) is 9.08. The quantitative estimate of drug-likeness (QED) is 0.584. The van der Waals surface area contributed by atoms with Gasteiger partial charge in [-0.15, -0.1) is 0 Å². The van der Waals surface area contributed by atoms with Crippen molar-refractivity contribution in [3.8, 4) is 0 Å². The van der Waals surface area contributed by atoms with Gasteiger partial charge in [0, 0.05) is 32.7 Å². The second kappa shape index (κ2) is 10.2. The van der Waals surface area contributed by atoms with Gasteiger partial charge in [-0.2, -0.15) is 4.31 Å². The molecule has 0 unspecified atom stereocenters. The number of carbonyl (C=O) groups is 2. The van der Waals surface area contributed by atoms with Crippen LogP contribution in [-0.4, -0.2) is 76.0 Å². The van der Waals surface area contributed by atoms with Gasteiger partial charge in [0.25, 0.3) is 0 Å². The first-order chi connectivity index (χ1) is 13.7. The fraction of sp³-hybridized carbons (Fsp3) is 0.600. The topological polar surface area (TPSA) is 93.2 Å². The minimum Gasteiger partial charge on any atom is -0.467 e. The van der Waals surface area contributed by atoms with Gasteiger partial charge in [-0.3, -0.25) is 4.79 Å². The molecule has 1 aromatic carbocycles. The van der Waals surface area contributed by atoms with E-state index in [0.29, 0.717) is 19.4 Å². The third-order valence-corrected chi connectivity index (χ3v) is 7.14. The molecule has 0 radical (unpaired) electrons. The van der Waals surface area contributed by atoms with Crippen LogP contribution in [0, 0.1) is 12.8 Å². The molecule has 0 aromatic heterocycles. The van der Waals surface area contributed by atoms with Gasteiger partial charge < -0.3 is 14.4 Å². The summed E-state index contributed by atoms with van der Waals surface area (Å²) in [5, 5.41) is 0. The lowest BCUT2D eigenvalue weighted by molar-refractivity contribution is -0.156. The first-order valence-electron chi connectivity index (χ1n) is 9.71. The van der Waals surface area contributed by atoms with E-state index in [1.54, 1.807) is 38.2 Å². The van der Waals surface area contributed by atoms with E-state index in [0.717, 1.165) is 5.56 Å². The highest BCUT2D eigenvalue weighted by Crippen LogP contribution is 2.25. The predicted molar refractivity (Wildman–Crippen MR) is 108 cm³/mol. The fourth-order valence-electron chi connectivity index (χ4n) is 3.35. The van der Waals surface area contributed by atoms with Crippen molar-refractivity contribution >= 4 is 21.9 Å². The molecule has 162 valence electrons. The Labute approximate surface area is 172 Å². The van der Waals surface area contributed by atoms with Crippen LogP contribution in [-0.2, 0) is 29.1 Å². The summed E-state index contributed by atoms with van der Waals surface area (Å²) in [7, 11) is -0.754. The number of amides is 1. The van der Waals surface area contributed by atoms with Gasteiger partial charge in [0.05, 0.1) is 18.6 Å². The molecule has 0 spiro atoms. The highest BCUT2D eigenvalue weighted by Gasteiger charge is 2.36. The Hall–Kier alpha value is -1.97. The zero-order chi connectivity index (χ0) is 21.6. The van der Waals surface area contributed by atoms with Crippen LogP contribution in [0.2, 0.25) is 0 Å². The van der Waals surface area contributed by atoms with Crippen LogP contribution in [0.15, 0.2) is 29.2 Å². The summed E-state index contributed by atoms with van der Waals surface area (Å²) >= 11 is 0. The maximum atomic E-state index is 12.9. The lowest BCUT2D eigenvalue weighted by atomic mass is 9.96. The highest BCUT2D eigenvalue weighted by atomic mass is 32.2. The number of sulfonamides is 1. The molecule has 8 nitrogen and oxygen atoms in total. The lowest BCUT2D eigenvalue weighted by Gasteiger charge is -2.34. The molecule has 1 saturated heterocycles. The molecule has 0 aliphatic carbocycles. The van der Waals surface area contributed by atoms with Crippen LogP contribution >= 0.6 is 0 Å². The van der Waals surface area contributed by atoms with Crippen molar-refractivity contribution in [1.29, 1.82) is 0 Å².